The second-order valence-electron chi connectivity index (χ2n) is 13.8. The van der Waals surface area contributed by atoms with Crippen LogP contribution in [0.1, 0.15) is 61.2 Å². The van der Waals surface area contributed by atoms with Crippen molar-refractivity contribution < 1.29 is 0 Å². The average molecular weight is 702 g/mol. The van der Waals surface area contributed by atoms with Gasteiger partial charge in [0.05, 0.1) is 11.2 Å². The largest absolute Gasteiger partial charge is 0.398 e. The van der Waals surface area contributed by atoms with Crippen molar-refractivity contribution in [1.82, 2.24) is 19.5 Å². The number of pyridine rings is 3. The highest BCUT2D eigenvalue weighted by molar-refractivity contribution is 6.02. The van der Waals surface area contributed by atoms with Crippen molar-refractivity contribution in [2.75, 3.05) is 0 Å². The zero-order chi connectivity index (χ0) is 37.0. The summed E-state index contributed by atoms with van der Waals surface area (Å²) in [6.45, 7) is 6.45. The Morgan fingerprint density at radius 1 is 0.778 bits per heavy atom. The Kier molecular flexibility index (Phi) is 9.69. The van der Waals surface area contributed by atoms with Crippen molar-refractivity contribution in [2.24, 2.45) is 11.7 Å². The molecule has 0 spiro atoms. The van der Waals surface area contributed by atoms with E-state index in [1.54, 1.807) is 12.4 Å². The summed E-state index contributed by atoms with van der Waals surface area (Å²) in [5.41, 5.74) is 19.9. The molecule has 54 heavy (non-hydrogen) atoms. The molecule has 4 heterocycles. The Hall–Kier alpha value is -6.59. The lowest BCUT2D eigenvalue weighted by Crippen LogP contribution is -2.23. The number of aromatic nitrogens is 4. The Morgan fingerprint density at radius 3 is 2.28 bits per heavy atom. The Morgan fingerprint density at radius 2 is 1.56 bits per heavy atom. The van der Waals surface area contributed by atoms with Crippen molar-refractivity contribution in [3.8, 4) is 11.1 Å². The Balaban J connectivity index is 1.31. The predicted octanol–water partition coefficient (Wildman–Crippen LogP) is 9.81. The minimum atomic E-state index is 0.114. The molecule has 0 aliphatic heterocycles. The lowest BCUT2D eigenvalue weighted by atomic mass is 9.74. The number of rotatable bonds is 8. The third-order valence-electron chi connectivity index (χ3n) is 10.6. The summed E-state index contributed by atoms with van der Waals surface area (Å²) in [5.74, 6) is 0.242. The summed E-state index contributed by atoms with van der Waals surface area (Å²) in [5, 5.41) is 3.57. The highest BCUT2D eigenvalue weighted by atomic mass is 15.0. The molecule has 2 N–H and O–H groups in total. The van der Waals surface area contributed by atoms with Crippen molar-refractivity contribution in [3.63, 3.8) is 0 Å². The minimum Gasteiger partial charge on any atom is -0.398 e. The van der Waals surface area contributed by atoms with Crippen LogP contribution in [0.15, 0.2) is 152 Å². The van der Waals surface area contributed by atoms with E-state index in [0.29, 0.717) is 5.70 Å². The summed E-state index contributed by atoms with van der Waals surface area (Å²) in [7, 11) is 0. The molecule has 5 heteroatoms. The van der Waals surface area contributed by atoms with Gasteiger partial charge in [-0.1, -0.05) is 98.0 Å². The molecule has 0 amide bonds. The highest BCUT2D eigenvalue weighted by Crippen LogP contribution is 2.49. The quantitative estimate of drug-likeness (QED) is 0.161. The molecule has 5 nitrogen and oxygen atoms in total. The van der Waals surface area contributed by atoms with Gasteiger partial charge in [0.2, 0.25) is 0 Å². The van der Waals surface area contributed by atoms with Crippen molar-refractivity contribution >= 4 is 51.7 Å². The zero-order valence-electron chi connectivity index (χ0n) is 30.9. The molecule has 2 aliphatic rings. The molecule has 6 aromatic rings. The molecular formula is C49H43N5. The second kappa shape index (κ2) is 15.2. The molecule has 2 aliphatic carbocycles. The lowest BCUT2D eigenvalue weighted by Gasteiger charge is -2.32. The van der Waals surface area contributed by atoms with E-state index in [0.717, 1.165) is 51.0 Å². The monoisotopic (exact) mass is 701 g/mol. The number of benzene rings is 2. The van der Waals surface area contributed by atoms with Crippen LogP contribution in [0, 0.1) is 5.92 Å². The van der Waals surface area contributed by atoms with Crippen LogP contribution in [0.4, 0.5) is 0 Å². The topological polar surface area (TPSA) is 69.6 Å². The van der Waals surface area contributed by atoms with Gasteiger partial charge in [0.1, 0.15) is 0 Å². The first kappa shape index (κ1) is 34.5. The average Bonchev–Trinajstić information content (AvgIpc) is 3.57. The van der Waals surface area contributed by atoms with Gasteiger partial charge in [-0.25, -0.2) is 0 Å². The van der Waals surface area contributed by atoms with Gasteiger partial charge >= 0.3 is 0 Å². The van der Waals surface area contributed by atoms with E-state index in [9.17, 15) is 0 Å². The van der Waals surface area contributed by atoms with Crippen molar-refractivity contribution in [3.05, 3.63) is 191 Å². The molecule has 2 unspecified atom stereocenters. The standard InChI is InChI=1S/C49H43N5/c1-4-34-12-6-7-13-36(34)19-18-33(3)54-48-25-22-37(46(50)23-20-35(5-2)38-14-10-26-51-30-38)28-44(48)45-29-43(41-16-8-9-17-42(41)49(45)54)47-24-21-40(32-53-47)39-15-11-27-52-31-39/h4,6-32,41-42H,5,50H2,1-3H3/b33-18+,34-4+,35-20+,36-19-,46-23-. The van der Waals surface area contributed by atoms with Gasteiger partial charge in [-0.15, -0.1) is 0 Å². The molecular weight excluding hydrogens is 659 g/mol. The van der Waals surface area contributed by atoms with E-state index in [-0.39, 0.29) is 11.8 Å². The van der Waals surface area contributed by atoms with Crippen LogP contribution >= 0.6 is 0 Å². The molecule has 264 valence electrons. The van der Waals surface area contributed by atoms with Crippen LogP contribution in [0.2, 0.25) is 0 Å². The first-order chi connectivity index (χ1) is 26.5. The summed E-state index contributed by atoms with van der Waals surface area (Å²) in [6.07, 6.45) is 32.4. The van der Waals surface area contributed by atoms with Crippen LogP contribution in [0.25, 0.3) is 62.8 Å². The zero-order valence-corrected chi connectivity index (χ0v) is 30.9. The molecule has 2 aromatic carbocycles. The predicted molar refractivity (Wildman–Crippen MR) is 227 cm³/mol. The van der Waals surface area contributed by atoms with Gasteiger partial charge in [0, 0.05) is 82.0 Å². The first-order valence-corrected chi connectivity index (χ1v) is 18.6. The number of hydrogen-bond acceptors (Lipinski definition) is 4. The van der Waals surface area contributed by atoms with Gasteiger partial charge in [0.15, 0.2) is 0 Å². The maximum absolute atomic E-state index is 6.86. The number of nitrogens with zero attached hydrogens (tertiary/aromatic N) is 4. The van der Waals surface area contributed by atoms with Crippen LogP contribution in [0.3, 0.4) is 0 Å². The van der Waals surface area contributed by atoms with Crippen LogP contribution in [0.5, 0.6) is 0 Å². The summed E-state index contributed by atoms with van der Waals surface area (Å²) in [6, 6.07) is 27.5. The maximum atomic E-state index is 6.86. The maximum Gasteiger partial charge on any atom is 0.0668 e. The van der Waals surface area contributed by atoms with Gasteiger partial charge in [-0.05, 0) is 102 Å². The summed E-state index contributed by atoms with van der Waals surface area (Å²) in [4.78, 5) is 13.7. The second-order valence-corrected chi connectivity index (χ2v) is 13.8. The summed E-state index contributed by atoms with van der Waals surface area (Å²) < 4.78 is 2.45. The fourth-order valence-corrected chi connectivity index (χ4v) is 7.77. The van der Waals surface area contributed by atoms with Gasteiger partial charge < -0.3 is 10.3 Å². The van der Waals surface area contributed by atoms with E-state index < -0.39 is 0 Å². The van der Waals surface area contributed by atoms with Crippen LogP contribution < -0.4 is 16.2 Å². The van der Waals surface area contributed by atoms with E-state index in [4.69, 9.17) is 10.7 Å². The fourth-order valence-electron chi connectivity index (χ4n) is 7.77. The van der Waals surface area contributed by atoms with Crippen LogP contribution in [-0.4, -0.2) is 19.5 Å². The molecule has 0 bridgehead atoms. The molecule has 0 saturated heterocycles. The van der Waals surface area contributed by atoms with Crippen molar-refractivity contribution in [2.45, 2.75) is 33.1 Å². The normalized spacial score (nSPS) is 17.8. The van der Waals surface area contributed by atoms with Crippen molar-refractivity contribution in [1.29, 1.82) is 0 Å². The van der Waals surface area contributed by atoms with E-state index in [1.165, 1.54) is 32.8 Å². The molecule has 4 aromatic heterocycles. The molecule has 2 atom stereocenters. The SMILES string of the molecule is C\C=c1/cccc/c1=C/C=C(\C)n1c2c(c3cc(/C(N)=C/C=C(\CC)c4cccnc4)ccc31)C=C(c1ccc(-c3cccnc3)cn1)C1C=CC=CC21. The highest BCUT2D eigenvalue weighted by Gasteiger charge is 2.35. The third kappa shape index (κ3) is 6.61. The Bertz CT molecular complexity index is 2650. The molecule has 8 rings (SSSR count). The number of nitrogens with two attached hydrogens (primary N) is 1. The molecule has 0 saturated carbocycles. The van der Waals surface area contributed by atoms with E-state index in [2.05, 4.69) is 157 Å². The Labute approximate surface area is 317 Å². The summed E-state index contributed by atoms with van der Waals surface area (Å²) >= 11 is 0. The smallest absolute Gasteiger partial charge is 0.0668 e. The van der Waals surface area contributed by atoms with E-state index >= 15 is 0 Å². The van der Waals surface area contributed by atoms with Gasteiger partial charge in [0.25, 0.3) is 0 Å². The minimum absolute atomic E-state index is 0.114. The third-order valence-corrected chi connectivity index (χ3v) is 10.6. The van der Waals surface area contributed by atoms with Crippen LogP contribution in [-0.2, 0) is 0 Å². The van der Waals surface area contributed by atoms with E-state index in [1.807, 2.05) is 36.8 Å². The number of fused-ring (bicyclic) bond motifs is 5. The lowest BCUT2D eigenvalue weighted by molar-refractivity contribution is 0.675. The number of allylic oxidation sites excluding steroid dienone is 10. The molecule has 0 fully saturated rings. The first-order valence-electron chi connectivity index (χ1n) is 18.6. The fraction of sp³-hybridized carbons (Fsp3) is 0.122. The van der Waals surface area contributed by atoms with Gasteiger partial charge in [-0.2, -0.15) is 0 Å². The number of hydrogen-bond donors (Lipinski definition) is 1. The van der Waals surface area contributed by atoms with Gasteiger partial charge in [-0.3, -0.25) is 15.0 Å². The molecule has 0 radical (unpaired) electrons.